The summed E-state index contributed by atoms with van der Waals surface area (Å²) in [4.78, 5) is 40.3. The number of nitrogens with zero attached hydrogens (tertiary/aromatic N) is 1. The van der Waals surface area contributed by atoms with Crippen LogP contribution in [0.25, 0.3) is 0 Å². The van der Waals surface area contributed by atoms with Crippen molar-refractivity contribution in [1.82, 2.24) is 4.90 Å². The molecule has 2 aliphatic rings. The minimum absolute atomic E-state index is 0.00535. The van der Waals surface area contributed by atoms with Gasteiger partial charge in [-0.1, -0.05) is 48.0 Å². The molecule has 7 heteroatoms. The first-order valence-corrected chi connectivity index (χ1v) is 12.4. The summed E-state index contributed by atoms with van der Waals surface area (Å²) in [6, 6.07) is 13.9. The summed E-state index contributed by atoms with van der Waals surface area (Å²) < 4.78 is 0. The van der Waals surface area contributed by atoms with E-state index < -0.39 is 12.0 Å². The van der Waals surface area contributed by atoms with Crippen molar-refractivity contribution in [2.24, 2.45) is 17.6 Å². The van der Waals surface area contributed by atoms with Gasteiger partial charge < -0.3 is 15.7 Å². The van der Waals surface area contributed by atoms with E-state index in [1.807, 2.05) is 30.3 Å². The van der Waals surface area contributed by atoms with Crippen molar-refractivity contribution in [1.29, 1.82) is 0 Å². The Bertz CT molecular complexity index is 1050. The predicted octanol–water partition coefficient (Wildman–Crippen LogP) is 4.30. The number of amides is 1. The molecule has 2 atom stereocenters. The molecular weight excluding hydrogens is 452 g/mol. The Morgan fingerprint density at radius 3 is 2.32 bits per heavy atom. The van der Waals surface area contributed by atoms with Gasteiger partial charge in [0, 0.05) is 24.8 Å². The largest absolute Gasteiger partial charge is 0.478 e. The number of ketones is 1. The lowest BCUT2D eigenvalue weighted by Gasteiger charge is -2.33. The third kappa shape index (κ3) is 5.18. The van der Waals surface area contributed by atoms with E-state index >= 15 is 0 Å². The number of carbonyl (C=O) groups is 3. The Morgan fingerprint density at radius 1 is 1.00 bits per heavy atom. The molecule has 2 aromatic carbocycles. The Kier molecular flexibility index (Phi) is 7.69. The molecule has 4 rings (SSSR count). The summed E-state index contributed by atoms with van der Waals surface area (Å²) in [5.41, 5.74) is 7.53. The average Bonchev–Trinajstić information content (AvgIpc) is 3.29. The van der Waals surface area contributed by atoms with Crippen molar-refractivity contribution in [3.05, 3.63) is 70.2 Å². The number of likely N-dealkylation sites (tertiary alicyclic amines) is 1. The van der Waals surface area contributed by atoms with Crippen LogP contribution < -0.4 is 5.73 Å². The van der Waals surface area contributed by atoms with Crippen LogP contribution in [-0.4, -0.2) is 46.8 Å². The van der Waals surface area contributed by atoms with Crippen molar-refractivity contribution in [3.63, 3.8) is 0 Å². The number of hydrogen-bond donors (Lipinski definition) is 2. The lowest BCUT2D eigenvalue weighted by Crippen LogP contribution is -2.46. The lowest BCUT2D eigenvalue weighted by molar-refractivity contribution is -0.142. The van der Waals surface area contributed by atoms with Crippen molar-refractivity contribution in [3.8, 4) is 0 Å². The third-order valence-electron chi connectivity index (χ3n) is 7.41. The third-order valence-corrected chi connectivity index (χ3v) is 7.72. The first kappa shape index (κ1) is 24.4. The van der Waals surface area contributed by atoms with Crippen LogP contribution in [0.1, 0.15) is 59.5 Å². The number of halogens is 1. The fourth-order valence-corrected chi connectivity index (χ4v) is 5.80. The van der Waals surface area contributed by atoms with Crippen molar-refractivity contribution >= 4 is 29.3 Å². The molecule has 1 aliphatic heterocycles. The van der Waals surface area contributed by atoms with Crippen LogP contribution in [-0.2, 0) is 16.0 Å². The van der Waals surface area contributed by atoms with Gasteiger partial charge in [-0.3, -0.25) is 9.59 Å². The summed E-state index contributed by atoms with van der Waals surface area (Å²) in [5, 5.41) is 9.33. The van der Waals surface area contributed by atoms with Crippen LogP contribution in [0.2, 0.25) is 5.02 Å². The van der Waals surface area contributed by atoms with Crippen molar-refractivity contribution < 1.29 is 19.5 Å². The SMILES string of the molecule is NCC1CCC(C(=O)N2CCC(c3ccccc3)[C@H]2C(=O)Cc2ccc(C(=O)O)c(Cl)c2)CC1. The number of carbonyl (C=O) groups excluding carboxylic acids is 2. The van der Waals surface area contributed by atoms with Crippen molar-refractivity contribution in [2.45, 2.75) is 50.5 Å². The second-order valence-corrected chi connectivity index (χ2v) is 9.91. The molecule has 1 unspecified atom stereocenters. The maximum Gasteiger partial charge on any atom is 0.337 e. The van der Waals surface area contributed by atoms with E-state index in [-0.39, 0.29) is 40.5 Å². The van der Waals surface area contributed by atoms with E-state index in [1.165, 1.54) is 12.1 Å². The average molecular weight is 483 g/mol. The zero-order valence-corrected chi connectivity index (χ0v) is 19.9. The minimum atomic E-state index is -1.11. The van der Waals surface area contributed by atoms with E-state index in [2.05, 4.69) is 0 Å². The predicted molar refractivity (Wildman–Crippen MR) is 131 cm³/mol. The fraction of sp³-hybridized carbons (Fsp3) is 0.444. The Morgan fingerprint density at radius 2 is 1.71 bits per heavy atom. The molecular formula is C27H31ClN2O4. The van der Waals surface area contributed by atoms with Gasteiger partial charge in [0.1, 0.15) is 0 Å². The normalized spacial score (nSPS) is 24.7. The maximum atomic E-state index is 13.7. The number of Topliss-reactive ketones (excluding diaryl/α,β-unsaturated/α-hetero) is 1. The summed E-state index contributed by atoms with van der Waals surface area (Å²) in [5.74, 6) is -0.718. The van der Waals surface area contributed by atoms with E-state index in [9.17, 15) is 19.5 Å². The van der Waals surface area contributed by atoms with Gasteiger partial charge in [-0.25, -0.2) is 4.79 Å². The number of aromatic carboxylic acids is 1. The zero-order valence-electron chi connectivity index (χ0n) is 19.2. The molecule has 1 aliphatic carbocycles. The van der Waals surface area contributed by atoms with E-state index in [4.69, 9.17) is 17.3 Å². The molecule has 3 N–H and O–H groups in total. The molecule has 0 aromatic heterocycles. The topological polar surface area (TPSA) is 101 Å². The smallest absolute Gasteiger partial charge is 0.337 e. The Balaban J connectivity index is 1.57. The Hall–Kier alpha value is -2.70. The quantitative estimate of drug-likeness (QED) is 0.612. The zero-order chi connectivity index (χ0) is 24.2. The van der Waals surface area contributed by atoms with Gasteiger partial charge in [0.05, 0.1) is 16.6 Å². The van der Waals surface area contributed by atoms with Crippen LogP contribution >= 0.6 is 11.6 Å². The number of carboxylic acids is 1. The van der Waals surface area contributed by atoms with Gasteiger partial charge in [-0.2, -0.15) is 0 Å². The van der Waals surface area contributed by atoms with Crippen LogP contribution in [0.3, 0.4) is 0 Å². The number of hydrogen-bond acceptors (Lipinski definition) is 4. The molecule has 180 valence electrons. The highest BCUT2D eigenvalue weighted by Crippen LogP contribution is 2.38. The molecule has 0 spiro atoms. The van der Waals surface area contributed by atoms with E-state index in [1.54, 1.807) is 11.0 Å². The number of nitrogens with two attached hydrogens (primary N) is 1. The summed E-state index contributed by atoms with van der Waals surface area (Å²) in [6.07, 6.45) is 4.38. The highest BCUT2D eigenvalue weighted by atomic mass is 35.5. The van der Waals surface area contributed by atoms with Crippen LogP contribution in [0.15, 0.2) is 48.5 Å². The first-order valence-electron chi connectivity index (χ1n) is 12.0. The molecule has 0 bridgehead atoms. The number of rotatable bonds is 7. The van der Waals surface area contributed by atoms with Gasteiger partial charge >= 0.3 is 5.97 Å². The number of benzene rings is 2. The number of carboxylic acid groups (broad SMARTS) is 1. The summed E-state index contributed by atoms with van der Waals surface area (Å²) in [6.45, 7) is 1.22. The molecule has 6 nitrogen and oxygen atoms in total. The highest BCUT2D eigenvalue weighted by Gasteiger charge is 2.44. The van der Waals surface area contributed by atoms with Gasteiger partial charge in [-0.15, -0.1) is 0 Å². The molecule has 1 saturated heterocycles. The summed E-state index contributed by atoms with van der Waals surface area (Å²) >= 11 is 6.13. The van der Waals surface area contributed by atoms with Gasteiger partial charge in [0.25, 0.3) is 0 Å². The lowest BCUT2D eigenvalue weighted by atomic mass is 9.81. The molecule has 2 aromatic rings. The van der Waals surface area contributed by atoms with Crippen LogP contribution in [0.4, 0.5) is 0 Å². The molecule has 34 heavy (non-hydrogen) atoms. The Labute approximate surface area is 205 Å². The molecule has 1 amide bonds. The first-order chi connectivity index (χ1) is 16.4. The summed E-state index contributed by atoms with van der Waals surface area (Å²) in [7, 11) is 0. The van der Waals surface area contributed by atoms with Crippen LogP contribution in [0.5, 0.6) is 0 Å². The molecule has 0 radical (unpaired) electrons. The maximum absolute atomic E-state index is 13.7. The van der Waals surface area contributed by atoms with Gasteiger partial charge in [0.15, 0.2) is 5.78 Å². The second kappa shape index (κ2) is 10.7. The molecule has 2 fully saturated rings. The van der Waals surface area contributed by atoms with Crippen LogP contribution in [0, 0.1) is 11.8 Å². The van der Waals surface area contributed by atoms with Gasteiger partial charge in [0.2, 0.25) is 5.91 Å². The van der Waals surface area contributed by atoms with Crippen molar-refractivity contribution in [2.75, 3.05) is 13.1 Å². The second-order valence-electron chi connectivity index (χ2n) is 9.50. The standard InChI is InChI=1S/C27H31ClN2O4/c28-23-14-18(8-11-22(23)27(33)34)15-24(31)25-21(19-4-2-1-3-5-19)12-13-30(25)26(32)20-9-6-17(16-29)7-10-20/h1-5,8,11,14,17,20-21,25H,6-7,9-10,12-13,15-16,29H2,(H,33,34)/t17?,20?,21?,25-/m0/s1. The minimum Gasteiger partial charge on any atom is -0.478 e. The fourth-order valence-electron chi connectivity index (χ4n) is 5.51. The van der Waals surface area contributed by atoms with Gasteiger partial charge in [-0.05, 0) is 67.8 Å². The molecule has 1 saturated carbocycles. The van der Waals surface area contributed by atoms with E-state index in [0.29, 0.717) is 24.6 Å². The van der Waals surface area contributed by atoms with E-state index in [0.717, 1.165) is 37.7 Å². The molecule has 1 heterocycles. The highest BCUT2D eigenvalue weighted by molar-refractivity contribution is 6.33. The monoisotopic (exact) mass is 482 g/mol.